The number of hydrogen-bond acceptors (Lipinski definition) is 4. The number of aromatic nitrogens is 2. The van der Waals surface area contributed by atoms with Crippen LogP contribution >= 0.6 is 11.8 Å². The third-order valence-corrected chi connectivity index (χ3v) is 5.35. The van der Waals surface area contributed by atoms with Crippen LogP contribution in [0.25, 0.3) is 5.69 Å². The molecule has 0 bridgehead atoms. The molecule has 1 amide bonds. The topological polar surface area (TPSA) is 84.2 Å². The van der Waals surface area contributed by atoms with Gasteiger partial charge in [0.1, 0.15) is 5.54 Å². The summed E-state index contributed by atoms with van der Waals surface area (Å²) in [4.78, 5) is 24.3. The summed E-state index contributed by atoms with van der Waals surface area (Å²) in [6.45, 7) is 0. The standard InChI is InChI=1S/C17H16F3N3O3S/c18-17(19,20)13-4-7-23(22-13)12-3-1-2-11(10-12)14(24)21-16(15(25)26)5-8-27-9-6-16/h1-4,7,10H,5-6,8-9H2,(H,21,24)(H,25,26). The van der Waals surface area contributed by atoms with Crippen molar-refractivity contribution in [2.45, 2.75) is 24.6 Å². The number of amides is 1. The fourth-order valence-corrected chi connectivity index (χ4v) is 4.00. The molecule has 1 aromatic carbocycles. The summed E-state index contributed by atoms with van der Waals surface area (Å²) < 4.78 is 39.1. The first-order chi connectivity index (χ1) is 12.7. The highest BCUT2D eigenvalue weighted by atomic mass is 32.2. The lowest BCUT2D eigenvalue weighted by molar-refractivity contribution is -0.145. The first kappa shape index (κ1) is 19.3. The summed E-state index contributed by atoms with van der Waals surface area (Å²) in [6, 6.07) is 6.69. The fourth-order valence-electron chi connectivity index (χ4n) is 2.81. The van der Waals surface area contributed by atoms with E-state index in [4.69, 9.17) is 0 Å². The number of rotatable bonds is 4. The Bertz CT molecular complexity index is 860. The first-order valence-corrected chi connectivity index (χ1v) is 9.24. The Balaban J connectivity index is 1.83. The van der Waals surface area contributed by atoms with Gasteiger partial charge in [-0.15, -0.1) is 0 Å². The summed E-state index contributed by atoms with van der Waals surface area (Å²) in [5.74, 6) is -0.427. The van der Waals surface area contributed by atoms with E-state index in [-0.39, 0.29) is 11.3 Å². The summed E-state index contributed by atoms with van der Waals surface area (Å²) in [6.07, 6.45) is -2.79. The molecule has 27 heavy (non-hydrogen) atoms. The van der Waals surface area contributed by atoms with Gasteiger partial charge in [0.25, 0.3) is 5.91 Å². The molecular weight excluding hydrogens is 383 g/mol. The summed E-state index contributed by atoms with van der Waals surface area (Å²) >= 11 is 1.62. The van der Waals surface area contributed by atoms with Gasteiger partial charge in [-0.1, -0.05) is 6.07 Å². The zero-order valence-electron chi connectivity index (χ0n) is 14.0. The van der Waals surface area contributed by atoms with E-state index in [9.17, 15) is 27.9 Å². The minimum absolute atomic E-state index is 0.149. The monoisotopic (exact) mass is 399 g/mol. The van der Waals surface area contributed by atoms with Gasteiger partial charge in [-0.05, 0) is 48.6 Å². The van der Waals surface area contributed by atoms with E-state index in [1.807, 2.05) is 0 Å². The second-order valence-electron chi connectivity index (χ2n) is 6.15. The summed E-state index contributed by atoms with van der Waals surface area (Å²) in [5, 5.41) is 15.6. The van der Waals surface area contributed by atoms with Crippen molar-refractivity contribution < 1.29 is 27.9 Å². The number of thioether (sulfide) groups is 1. The molecule has 0 saturated carbocycles. The van der Waals surface area contributed by atoms with Crippen LogP contribution in [0.2, 0.25) is 0 Å². The molecule has 0 radical (unpaired) electrons. The number of alkyl halides is 3. The second kappa shape index (κ2) is 7.26. The second-order valence-corrected chi connectivity index (χ2v) is 7.37. The molecule has 1 aromatic heterocycles. The van der Waals surface area contributed by atoms with Gasteiger partial charge in [-0.25, -0.2) is 9.48 Å². The number of carbonyl (C=O) groups excluding carboxylic acids is 1. The van der Waals surface area contributed by atoms with Gasteiger partial charge in [-0.3, -0.25) is 4.79 Å². The quantitative estimate of drug-likeness (QED) is 0.826. The predicted octanol–water partition coefficient (Wildman–Crippen LogP) is 2.97. The number of benzene rings is 1. The Morgan fingerprint density at radius 1 is 1.22 bits per heavy atom. The Hall–Kier alpha value is -2.49. The average molecular weight is 399 g/mol. The molecule has 0 unspecified atom stereocenters. The summed E-state index contributed by atoms with van der Waals surface area (Å²) in [7, 11) is 0. The number of aliphatic carboxylic acids is 1. The lowest BCUT2D eigenvalue weighted by Gasteiger charge is -2.33. The van der Waals surface area contributed by atoms with Crippen LogP contribution in [-0.4, -0.2) is 43.8 Å². The van der Waals surface area contributed by atoms with Crippen molar-refractivity contribution in [2.75, 3.05) is 11.5 Å². The smallest absolute Gasteiger partial charge is 0.435 e. The van der Waals surface area contributed by atoms with Crippen LogP contribution in [0.15, 0.2) is 36.5 Å². The number of carbonyl (C=O) groups is 2. The Morgan fingerprint density at radius 3 is 2.52 bits per heavy atom. The van der Waals surface area contributed by atoms with Crippen LogP contribution in [0.1, 0.15) is 28.9 Å². The molecule has 1 aliphatic heterocycles. The van der Waals surface area contributed by atoms with Crippen LogP contribution in [0, 0.1) is 0 Å². The van der Waals surface area contributed by atoms with Gasteiger partial charge in [0, 0.05) is 11.8 Å². The van der Waals surface area contributed by atoms with E-state index in [1.54, 1.807) is 11.8 Å². The number of halogens is 3. The molecule has 6 nitrogen and oxygen atoms in total. The van der Waals surface area contributed by atoms with E-state index >= 15 is 0 Å². The van der Waals surface area contributed by atoms with E-state index in [1.165, 1.54) is 24.3 Å². The Morgan fingerprint density at radius 2 is 1.93 bits per heavy atom. The van der Waals surface area contributed by atoms with E-state index < -0.39 is 29.3 Å². The van der Waals surface area contributed by atoms with Gasteiger partial charge in [0.15, 0.2) is 5.69 Å². The Kier molecular flexibility index (Phi) is 5.18. The third kappa shape index (κ3) is 4.10. The SMILES string of the molecule is O=C(NC1(C(=O)O)CCSCC1)c1cccc(-n2ccc(C(F)(F)F)n2)c1. The molecule has 0 atom stereocenters. The van der Waals surface area contributed by atoms with Crippen LogP contribution in [0.3, 0.4) is 0 Å². The van der Waals surface area contributed by atoms with Crippen molar-refractivity contribution in [3.63, 3.8) is 0 Å². The molecule has 0 spiro atoms. The van der Waals surface area contributed by atoms with Crippen molar-refractivity contribution in [1.82, 2.24) is 15.1 Å². The fraction of sp³-hybridized carbons (Fsp3) is 0.353. The number of hydrogen-bond donors (Lipinski definition) is 2. The van der Waals surface area contributed by atoms with E-state index in [2.05, 4.69) is 10.4 Å². The predicted molar refractivity (Wildman–Crippen MR) is 93.0 cm³/mol. The molecule has 2 heterocycles. The van der Waals surface area contributed by atoms with Crippen LogP contribution in [0.4, 0.5) is 13.2 Å². The maximum absolute atomic E-state index is 12.7. The normalized spacial score (nSPS) is 16.7. The molecular formula is C17H16F3N3O3S. The van der Waals surface area contributed by atoms with Crippen LogP contribution in [0.5, 0.6) is 0 Å². The highest BCUT2D eigenvalue weighted by Gasteiger charge is 2.41. The van der Waals surface area contributed by atoms with E-state index in [0.29, 0.717) is 24.3 Å². The highest BCUT2D eigenvalue weighted by Crippen LogP contribution is 2.29. The minimum atomic E-state index is -4.56. The first-order valence-electron chi connectivity index (χ1n) is 8.08. The summed E-state index contributed by atoms with van der Waals surface area (Å²) in [5.41, 5.74) is -1.95. The molecule has 1 saturated heterocycles. The average Bonchev–Trinajstić information content (AvgIpc) is 3.13. The van der Waals surface area contributed by atoms with Crippen LogP contribution < -0.4 is 5.32 Å². The number of nitrogens with one attached hydrogen (secondary N) is 1. The lowest BCUT2D eigenvalue weighted by atomic mass is 9.92. The lowest BCUT2D eigenvalue weighted by Crippen LogP contribution is -2.56. The molecule has 1 fully saturated rings. The maximum atomic E-state index is 12.7. The van der Waals surface area contributed by atoms with Crippen LogP contribution in [-0.2, 0) is 11.0 Å². The molecule has 144 valence electrons. The third-order valence-electron chi connectivity index (χ3n) is 4.36. The number of carboxylic acid groups (broad SMARTS) is 1. The molecule has 0 aliphatic carbocycles. The Labute approximate surface area is 156 Å². The molecule has 2 aromatic rings. The minimum Gasteiger partial charge on any atom is -0.480 e. The van der Waals surface area contributed by atoms with Crippen molar-refractivity contribution in [3.05, 3.63) is 47.8 Å². The van der Waals surface area contributed by atoms with Gasteiger partial charge in [0.05, 0.1) is 5.69 Å². The maximum Gasteiger partial charge on any atom is 0.435 e. The van der Waals surface area contributed by atoms with Gasteiger partial charge in [0.2, 0.25) is 0 Å². The number of nitrogens with zero attached hydrogens (tertiary/aromatic N) is 2. The zero-order valence-corrected chi connectivity index (χ0v) is 14.8. The largest absolute Gasteiger partial charge is 0.480 e. The van der Waals surface area contributed by atoms with Crippen molar-refractivity contribution in [1.29, 1.82) is 0 Å². The van der Waals surface area contributed by atoms with Gasteiger partial charge in [-0.2, -0.15) is 30.0 Å². The van der Waals surface area contributed by atoms with Gasteiger partial charge >= 0.3 is 12.1 Å². The molecule has 3 rings (SSSR count). The van der Waals surface area contributed by atoms with E-state index in [0.717, 1.165) is 16.9 Å². The highest BCUT2D eigenvalue weighted by molar-refractivity contribution is 7.99. The number of carboxylic acids is 1. The zero-order chi connectivity index (χ0) is 19.7. The van der Waals surface area contributed by atoms with Crippen molar-refractivity contribution in [3.8, 4) is 5.69 Å². The van der Waals surface area contributed by atoms with Crippen molar-refractivity contribution >= 4 is 23.6 Å². The van der Waals surface area contributed by atoms with Crippen molar-refractivity contribution in [2.24, 2.45) is 0 Å². The molecule has 10 heteroatoms. The molecule has 1 aliphatic rings. The van der Waals surface area contributed by atoms with Gasteiger partial charge < -0.3 is 10.4 Å². The molecule has 2 N–H and O–H groups in total.